The first kappa shape index (κ1) is 98.5. The van der Waals surface area contributed by atoms with E-state index in [0.717, 1.165) is 23.1 Å². The molecule has 3 aromatic rings. The Morgan fingerprint density at radius 3 is 1.81 bits per heavy atom. The molecule has 118 heavy (non-hydrogen) atoms. The fraction of sp³-hybridized carbons (Fsp3) is 0.577. The minimum absolute atomic E-state index is 0.00292. The van der Waals surface area contributed by atoms with Gasteiger partial charge in [0.05, 0.1) is 95.6 Å². The lowest BCUT2D eigenvalue weighted by Crippen LogP contribution is -2.57. The van der Waals surface area contributed by atoms with Gasteiger partial charge in [0.15, 0.2) is 0 Å². The van der Waals surface area contributed by atoms with E-state index in [1.54, 1.807) is 56.9 Å². The lowest BCUT2D eigenvalue weighted by atomic mass is 9.99. The zero-order valence-corrected chi connectivity index (χ0v) is 69.0. The lowest BCUT2D eigenvalue weighted by Gasteiger charge is -2.27. The molecule has 1 aliphatic heterocycles. The number of allylic oxidation sites excluding steroid dienone is 1. The van der Waals surface area contributed by atoms with Crippen LogP contribution in [0.4, 0.5) is 16.2 Å². The van der Waals surface area contributed by atoms with Gasteiger partial charge in [-0.05, 0) is 98.7 Å². The number of primary amides is 1. The minimum Gasteiger partial charge on any atom is -0.461 e. The average molecular weight is 1690 g/mol. The fourth-order valence-electron chi connectivity index (χ4n) is 11.9. The normalized spacial score (nSPS) is 14.8. The zero-order chi connectivity index (χ0) is 86.3. The van der Waals surface area contributed by atoms with Gasteiger partial charge in [-0.15, -0.1) is 0 Å². The molecule has 0 bridgehead atoms. The SMILES string of the molecule is CC(C)C(=O)OCc1ccc(NC(=O)[C@H](CCCNC(N)=O)NC(=O)[C@@H](NC(=O)[C@@H](CCCCNC(=O)COC2CCCCC/C(NCCN(CC(=O)NCCS(=O)(=O)O)CC(=O)NCCS(=O)(=O)O)=C\2N=N)NC(=O)CCOCCOCCOCCOCCNC(=O)CCC(=O)N2Cc3ccccc3C#Cc3ccccc32)C(C)C)cc1. The van der Waals surface area contributed by atoms with Crippen LogP contribution in [0.5, 0.6) is 0 Å². The van der Waals surface area contributed by atoms with E-state index in [4.69, 9.17) is 48.8 Å². The first-order valence-electron chi connectivity index (χ1n) is 39.3. The number of unbranched alkanes of at least 4 members (excludes halogenated alkanes) is 1. The Hall–Kier alpha value is -10.1. The first-order valence-corrected chi connectivity index (χ1v) is 42.6. The third kappa shape index (κ3) is 40.9. The molecule has 38 nitrogen and oxygen atoms in total. The smallest absolute Gasteiger partial charge is 0.312 e. The number of benzene rings is 3. The molecule has 15 N–H and O–H groups in total. The van der Waals surface area contributed by atoms with E-state index in [2.05, 4.69) is 70.1 Å². The van der Waals surface area contributed by atoms with E-state index in [1.807, 2.05) is 48.5 Å². The standard InChI is InChI=1S/C78H115N15O23S2/c1-54(2)72(76(102)89-63(20-14-33-86-78(79)104)74(100)87-60-27-23-56(24-28-60)52-116-77(103)55(3)4)90-75(101)62(88-67(95)31-39-111-41-43-113-45-46-114-44-42-112-40-35-83-66(94)29-30-71(99)93-49-59-17-9-8-15-57(59)25-26-58-16-10-11-21-64(58)93)19-12-13-32-82-70(98)53-115-65-22-7-5-6-18-61(73(65)91-80)81-34-38-92(50-68(96)84-36-47-117(105,106)107)51-69(97)85-37-48-118(108,109)110/h8-11,15-17,21,23-24,27-28,54-55,62-63,65,72,80-81H,5-7,12-14,18-20,22,29-53H2,1-4H3,(H,82,98)(H,83,94)(H,84,96)(H,85,97)(H,87,100)(H,88,95)(H,89,102)(H,90,101)(H3,79,86,104)(H,105,106,107)(H,108,109,110)/b73-61-,91-80?/t62-,63+,65?,72+/m1/s1. The molecule has 4 atom stereocenters. The predicted octanol–water partition coefficient (Wildman–Crippen LogP) is 1.96. The van der Waals surface area contributed by atoms with Crippen molar-refractivity contribution < 1.29 is 107 Å². The number of anilines is 2. The maximum atomic E-state index is 14.4. The number of fused-ring (bicyclic) bond motifs is 2. The number of nitrogens with one attached hydrogen (secondary N) is 11. The molecule has 3 aromatic carbocycles. The number of hydrogen-bond acceptors (Lipinski definition) is 25. The molecule has 1 unspecified atom stereocenters. The molecule has 2 aliphatic rings. The van der Waals surface area contributed by atoms with Crippen LogP contribution in [0.3, 0.4) is 0 Å². The highest BCUT2D eigenvalue weighted by Gasteiger charge is 2.33. The van der Waals surface area contributed by atoms with E-state index in [-0.39, 0.29) is 173 Å². The maximum absolute atomic E-state index is 14.4. The van der Waals surface area contributed by atoms with Gasteiger partial charge >= 0.3 is 12.0 Å². The highest BCUT2D eigenvalue weighted by atomic mass is 32.2. The topological polar surface area (TPSA) is 541 Å². The number of urea groups is 1. The monoisotopic (exact) mass is 1690 g/mol. The Balaban J connectivity index is 1.11. The summed E-state index contributed by atoms with van der Waals surface area (Å²) in [6, 6.07) is 17.1. The van der Waals surface area contributed by atoms with Gasteiger partial charge in [0.1, 0.15) is 43.1 Å². The Morgan fingerprint density at radius 1 is 0.593 bits per heavy atom. The summed E-state index contributed by atoms with van der Waals surface area (Å²) < 4.78 is 96.9. The van der Waals surface area contributed by atoms with Crippen LogP contribution in [0.1, 0.15) is 133 Å². The quantitative estimate of drug-likeness (QED) is 0.0126. The van der Waals surface area contributed by atoms with Crippen LogP contribution in [0.25, 0.3) is 0 Å². The maximum Gasteiger partial charge on any atom is 0.312 e. The molecule has 11 amide bonds. The summed E-state index contributed by atoms with van der Waals surface area (Å²) in [6.45, 7) is 6.75. The molecule has 1 aliphatic carbocycles. The number of ether oxygens (including phenoxy) is 6. The average Bonchev–Trinajstić information content (AvgIpc) is 0.803. The van der Waals surface area contributed by atoms with Gasteiger partial charge in [-0.1, -0.05) is 94.8 Å². The molecule has 5 rings (SSSR count). The summed E-state index contributed by atoms with van der Waals surface area (Å²) in [5.74, 6) is -1.54. The van der Waals surface area contributed by atoms with E-state index in [1.165, 1.54) is 4.90 Å². The number of nitrogens with zero attached hydrogens (tertiary/aromatic N) is 3. The van der Waals surface area contributed by atoms with E-state index in [9.17, 15) is 69.6 Å². The van der Waals surface area contributed by atoms with Gasteiger partial charge < -0.3 is 92.2 Å². The number of para-hydroxylation sites is 1. The number of carbonyl (C=O) groups excluding carboxylic acids is 11. The van der Waals surface area contributed by atoms with Gasteiger partial charge in [-0.2, -0.15) is 21.9 Å². The molecule has 40 heteroatoms. The van der Waals surface area contributed by atoms with Crippen molar-refractivity contribution in [2.75, 3.05) is 140 Å². The predicted molar refractivity (Wildman–Crippen MR) is 432 cm³/mol. The van der Waals surface area contributed by atoms with Crippen molar-refractivity contribution in [3.8, 4) is 11.8 Å². The van der Waals surface area contributed by atoms with Crippen LogP contribution in [-0.2, 0) is 110 Å². The van der Waals surface area contributed by atoms with Gasteiger partial charge in [-0.3, -0.25) is 62.0 Å². The third-order valence-corrected chi connectivity index (χ3v) is 19.6. The van der Waals surface area contributed by atoms with Crippen molar-refractivity contribution in [1.29, 1.82) is 5.53 Å². The summed E-state index contributed by atoms with van der Waals surface area (Å²) in [5.41, 5.74) is 18.3. The fourth-order valence-corrected chi connectivity index (χ4v) is 12.6. The Kier molecular flexibility index (Phi) is 45.1. The number of amides is 11. The van der Waals surface area contributed by atoms with E-state index >= 15 is 0 Å². The van der Waals surface area contributed by atoms with Crippen LogP contribution in [0.15, 0.2) is 89.3 Å². The summed E-state index contributed by atoms with van der Waals surface area (Å²) in [6.07, 6.45) is 2.66. The number of rotatable bonds is 56. The molecule has 0 spiro atoms. The Labute approximate surface area is 688 Å². The van der Waals surface area contributed by atoms with Gasteiger partial charge in [0.2, 0.25) is 53.2 Å². The highest BCUT2D eigenvalue weighted by Crippen LogP contribution is 2.28. The van der Waals surface area contributed by atoms with E-state index < -0.39 is 142 Å². The number of nitrogens with two attached hydrogens (primary N) is 1. The first-order chi connectivity index (χ1) is 56.4. The Bertz CT molecular complexity index is 4070. The molecule has 0 saturated heterocycles. The molecule has 0 fully saturated rings. The molecule has 0 aromatic heterocycles. The van der Waals surface area contributed by atoms with Crippen LogP contribution in [0, 0.1) is 29.2 Å². The largest absolute Gasteiger partial charge is 0.461 e. The summed E-state index contributed by atoms with van der Waals surface area (Å²) in [5, 5.41) is 30.7. The Morgan fingerprint density at radius 2 is 1.18 bits per heavy atom. The highest BCUT2D eigenvalue weighted by molar-refractivity contribution is 7.86. The second kappa shape index (κ2) is 54.1. The van der Waals surface area contributed by atoms with Crippen molar-refractivity contribution in [3.63, 3.8) is 0 Å². The molecule has 652 valence electrons. The number of carbonyl (C=O) groups is 11. The summed E-state index contributed by atoms with van der Waals surface area (Å²) in [4.78, 5) is 148. The van der Waals surface area contributed by atoms with Crippen molar-refractivity contribution in [3.05, 3.63) is 106 Å². The molecular weight excluding hydrogens is 1580 g/mol. The van der Waals surface area contributed by atoms with Crippen LogP contribution in [0.2, 0.25) is 0 Å². The summed E-state index contributed by atoms with van der Waals surface area (Å²) in [7, 11) is -8.79. The van der Waals surface area contributed by atoms with Gasteiger partial charge in [0, 0.05) is 87.6 Å². The van der Waals surface area contributed by atoms with Gasteiger partial charge in [0.25, 0.3) is 20.2 Å². The third-order valence-electron chi connectivity index (χ3n) is 18.1. The van der Waals surface area contributed by atoms with Crippen LogP contribution < -0.4 is 63.8 Å². The lowest BCUT2D eigenvalue weighted by molar-refractivity contribution is -0.148. The van der Waals surface area contributed by atoms with Crippen molar-refractivity contribution >= 4 is 96.8 Å². The second-order valence-corrected chi connectivity index (χ2v) is 31.5. The molecule has 1 heterocycles. The number of hydrogen-bond donors (Lipinski definition) is 14. The van der Waals surface area contributed by atoms with Gasteiger partial charge in [-0.25, -0.2) is 10.3 Å². The summed E-state index contributed by atoms with van der Waals surface area (Å²) >= 11 is 0. The van der Waals surface area contributed by atoms with Crippen LogP contribution in [-0.4, -0.2) is 250 Å². The molecule has 0 saturated carbocycles. The minimum atomic E-state index is -4.40. The number of esters is 1. The van der Waals surface area contributed by atoms with Crippen molar-refractivity contribution in [1.82, 2.24) is 52.8 Å². The van der Waals surface area contributed by atoms with Crippen molar-refractivity contribution in [2.45, 2.75) is 149 Å². The molecule has 0 radical (unpaired) electrons. The second-order valence-electron chi connectivity index (χ2n) is 28.4. The van der Waals surface area contributed by atoms with Crippen molar-refractivity contribution in [2.24, 2.45) is 22.7 Å². The zero-order valence-electron chi connectivity index (χ0n) is 67.3. The molecular formula is C78H115N15O23S2. The van der Waals surface area contributed by atoms with Crippen LogP contribution >= 0.6 is 0 Å². The van der Waals surface area contributed by atoms with E-state index in [0.29, 0.717) is 54.9 Å².